The number of hydrogen-bond donors (Lipinski definition) is 2. The molecule has 0 aliphatic heterocycles. The van der Waals surface area contributed by atoms with E-state index in [1.54, 1.807) is 0 Å². The fourth-order valence-corrected chi connectivity index (χ4v) is 4.11. The molecule has 0 amide bonds. The maximum absolute atomic E-state index is 12.9. The largest absolute Gasteiger partial charge is 0.491 e. The molecule has 0 saturated heterocycles. The van der Waals surface area contributed by atoms with Gasteiger partial charge in [-0.05, 0) is 68.2 Å². The van der Waals surface area contributed by atoms with E-state index in [-0.39, 0.29) is 5.82 Å². The van der Waals surface area contributed by atoms with E-state index in [9.17, 15) is 9.50 Å². The van der Waals surface area contributed by atoms with Crippen molar-refractivity contribution in [3.05, 3.63) is 65.5 Å². The van der Waals surface area contributed by atoms with E-state index in [2.05, 4.69) is 23.3 Å². The van der Waals surface area contributed by atoms with E-state index in [4.69, 9.17) is 4.74 Å². The van der Waals surface area contributed by atoms with E-state index in [1.807, 2.05) is 30.3 Å². The van der Waals surface area contributed by atoms with Crippen LogP contribution < -0.4 is 10.1 Å². The summed E-state index contributed by atoms with van der Waals surface area (Å²) in [5, 5.41) is 13.8. The van der Waals surface area contributed by atoms with Crippen LogP contribution in [0.3, 0.4) is 0 Å². The molecule has 30 heavy (non-hydrogen) atoms. The Hall–Kier alpha value is -1.95. The zero-order valence-corrected chi connectivity index (χ0v) is 18.0. The molecule has 0 heterocycles. The van der Waals surface area contributed by atoms with Crippen LogP contribution in [-0.2, 0) is 13.0 Å². The minimum absolute atomic E-state index is 0.200. The lowest BCUT2D eigenvalue weighted by Gasteiger charge is -2.32. The normalized spacial score (nSPS) is 16.0. The smallest absolute Gasteiger partial charge is 0.123 e. The topological polar surface area (TPSA) is 44.7 Å². The highest BCUT2D eigenvalue weighted by Gasteiger charge is 2.20. The number of likely N-dealkylation sites (N-methyl/N-ethyl adjacent to an activating group) is 1. The highest BCUT2D eigenvalue weighted by Crippen LogP contribution is 2.21. The van der Waals surface area contributed by atoms with Gasteiger partial charge in [-0.3, -0.25) is 0 Å². The van der Waals surface area contributed by atoms with Gasteiger partial charge in [0.25, 0.3) is 0 Å². The molecule has 1 saturated carbocycles. The first-order valence-corrected chi connectivity index (χ1v) is 11.2. The second-order valence-electron chi connectivity index (χ2n) is 8.40. The molecule has 2 aromatic rings. The van der Waals surface area contributed by atoms with E-state index >= 15 is 0 Å². The van der Waals surface area contributed by atoms with E-state index in [1.165, 1.54) is 44.2 Å². The minimum atomic E-state index is -0.491. The molecule has 0 radical (unpaired) electrons. The molecule has 0 unspecified atom stereocenters. The molecule has 2 aromatic carbocycles. The fourth-order valence-electron chi connectivity index (χ4n) is 4.11. The molecule has 5 heteroatoms. The van der Waals surface area contributed by atoms with Gasteiger partial charge in [0, 0.05) is 19.1 Å². The Morgan fingerprint density at radius 1 is 1.10 bits per heavy atom. The van der Waals surface area contributed by atoms with E-state index < -0.39 is 6.10 Å². The fraction of sp³-hybridized carbons (Fsp3) is 0.520. The monoisotopic (exact) mass is 414 g/mol. The predicted octanol–water partition coefficient (Wildman–Crippen LogP) is 4.16. The van der Waals surface area contributed by atoms with Crippen molar-refractivity contribution in [1.29, 1.82) is 0 Å². The molecule has 0 bridgehead atoms. The van der Waals surface area contributed by atoms with Crippen LogP contribution in [0.4, 0.5) is 4.39 Å². The Morgan fingerprint density at radius 3 is 2.63 bits per heavy atom. The van der Waals surface area contributed by atoms with Gasteiger partial charge in [-0.15, -0.1) is 0 Å². The number of hydrogen-bond acceptors (Lipinski definition) is 4. The minimum Gasteiger partial charge on any atom is -0.491 e. The van der Waals surface area contributed by atoms with Crippen LogP contribution in [0, 0.1) is 5.82 Å². The molecule has 3 rings (SSSR count). The van der Waals surface area contributed by atoms with Gasteiger partial charge < -0.3 is 20.1 Å². The highest BCUT2D eigenvalue weighted by atomic mass is 19.1. The van der Waals surface area contributed by atoms with Crippen molar-refractivity contribution in [2.75, 3.05) is 26.7 Å². The zero-order valence-electron chi connectivity index (χ0n) is 18.0. The number of nitrogens with zero attached hydrogens (tertiary/aromatic N) is 1. The van der Waals surface area contributed by atoms with Gasteiger partial charge in [0.1, 0.15) is 24.3 Å². The van der Waals surface area contributed by atoms with Gasteiger partial charge in [0.05, 0.1) is 0 Å². The quantitative estimate of drug-likeness (QED) is 0.542. The maximum atomic E-state index is 12.9. The first-order valence-electron chi connectivity index (χ1n) is 11.2. The third-order valence-corrected chi connectivity index (χ3v) is 5.87. The first kappa shape index (κ1) is 22.7. The van der Waals surface area contributed by atoms with Gasteiger partial charge in [0.2, 0.25) is 0 Å². The Bertz CT molecular complexity index is 747. The predicted molar refractivity (Wildman–Crippen MR) is 119 cm³/mol. The summed E-state index contributed by atoms with van der Waals surface area (Å²) in [6, 6.07) is 15.2. The van der Waals surface area contributed by atoms with E-state index in [0.717, 1.165) is 36.4 Å². The van der Waals surface area contributed by atoms with Crippen LogP contribution in [-0.4, -0.2) is 48.9 Å². The summed E-state index contributed by atoms with van der Waals surface area (Å²) >= 11 is 0. The molecule has 2 N–H and O–H groups in total. The molecule has 1 fully saturated rings. The lowest BCUT2D eigenvalue weighted by atomic mass is 9.94. The third kappa shape index (κ3) is 7.71. The number of benzene rings is 2. The standard InChI is InChI=1S/C25H35FN2O2/c1-28(23-7-3-2-4-8-23)18-24(29)19-30-25-9-5-6-21(16-25)17-27-15-14-20-10-12-22(26)13-11-20/h5-6,9-13,16,23-24,27,29H,2-4,7-8,14-15,17-19H2,1H3/t24-/m1/s1. The molecule has 1 atom stereocenters. The maximum Gasteiger partial charge on any atom is 0.123 e. The molecular formula is C25H35FN2O2. The summed E-state index contributed by atoms with van der Waals surface area (Å²) in [5.41, 5.74) is 2.26. The summed E-state index contributed by atoms with van der Waals surface area (Å²) in [5.74, 6) is 0.585. The summed E-state index contributed by atoms with van der Waals surface area (Å²) in [4.78, 5) is 2.29. The molecule has 1 aliphatic carbocycles. The number of halogens is 1. The number of aliphatic hydroxyl groups excluding tert-OH is 1. The average Bonchev–Trinajstić information content (AvgIpc) is 2.77. The van der Waals surface area contributed by atoms with Gasteiger partial charge in [-0.2, -0.15) is 0 Å². The van der Waals surface area contributed by atoms with Crippen molar-refractivity contribution in [1.82, 2.24) is 10.2 Å². The van der Waals surface area contributed by atoms with Crippen LogP contribution in [0.2, 0.25) is 0 Å². The lowest BCUT2D eigenvalue weighted by Crippen LogP contribution is -2.40. The van der Waals surface area contributed by atoms with Crippen molar-refractivity contribution in [2.45, 2.75) is 57.2 Å². The zero-order chi connectivity index (χ0) is 21.2. The SMILES string of the molecule is CN(C[C@@H](O)COc1cccc(CNCCc2ccc(F)cc2)c1)C1CCCCC1. The summed E-state index contributed by atoms with van der Waals surface area (Å²) in [6.07, 6.45) is 6.78. The molecule has 1 aliphatic rings. The van der Waals surface area contributed by atoms with E-state index in [0.29, 0.717) is 19.2 Å². The van der Waals surface area contributed by atoms with Crippen molar-refractivity contribution < 1.29 is 14.2 Å². The molecule has 0 spiro atoms. The highest BCUT2D eigenvalue weighted by molar-refractivity contribution is 5.28. The van der Waals surface area contributed by atoms with Crippen LogP contribution in [0.25, 0.3) is 0 Å². The van der Waals surface area contributed by atoms with Crippen molar-refractivity contribution >= 4 is 0 Å². The molecule has 164 valence electrons. The van der Waals surface area contributed by atoms with Crippen LogP contribution in [0.15, 0.2) is 48.5 Å². The third-order valence-electron chi connectivity index (χ3n) is 5.87. The Morgan fingerprint density at radius 2 is 1.87 bits per heavy atom. The van der Waals surface area contributed by atoms with Gasteiger partial charge in [-0.1, -0.05) is 43.5 Å². The second kappa shape index (κ2) is 12.0. The van der Waals surface area contributed by atoms with Crippen molar-refractivity contribution in [3.8, 4) is 5.75 Å². The van der Waals surface area contributed by atoms with Crippen LogP contribution >= 0.6 is 0 Å². The van der Waals surface area contributed by atoms with Crippen molar-refractivity contribution in [2.24, 2.45) is 0 Å². The second-order valence-corrected chi connectivity index (χ2v) is 8.40. The Kier molecular flexibility index (Phi) is 9.12. The first-order chi connectivity index (χ1) is 14.6. The lowest BCUT2D eigenvalue weighted by molar-refractivity contribution is 0.0561. The van der Waals surface area contributed by atoms with Crippen LogP contribution in [0.5, 0.6) is 5.75 Å². The van der Waals surface area contributed by atoms with Crippen molar-refractivity contribution in [3.63, 3.8) is 0 Å². The average molecular weight is 415 g/mol. The number of ether oxygens (including phenoxy) is 1. The summed E-state index contributed by atoms with van der Waals surface area (Å²) < 4.78 is 18.8. The van der Waals surface area contributed by atoms with Gasteiger partial charge >= 0.3 is 0 Å². The Balaban J connectivity index is 1.36. The number of rotatable bonds is 11. The molecular weight excluding hydrogens is 379 g/mol. The van der Waals surface area contributed by atoms with Crippen LogP contribution in [0.1, 0.15) is 43.2 Å². The van der Waals surface area contributed by atoms with Gasteiger partial charge in [0.15, 0.2) is 0 Å². The van der Waals surface area contributed by atoms with Gasteiger partial charge in [-0.25, -0.2) is 4.39 Å². The summed E-state index contributed by atoms with van der Waals surface area (Å²) in [6.45, 7) is 2.52. The Labute approximate surface area is 180 Å². The number of aliphatic hydroxyl groups is 1. The summed E-state index contributed by atoms with van der Waals surface area (Å²) in [7, 11) is 2.11. The molecule has 4 nitrogen and oxygen atoms in total. The number of nitrogens with one attached hydrogen (secondary N) is 1. The molecule has 0 aromatic heterocycles.